The first-order valence-corrected chi connectivity index (χ1v) is 4.86. The van der Waals surface area contributed by atoms with Crippen LogP contribution in [0.5, 0.6) is 5.75 Å². The van der Waals surface area contributed by atoms with Gasteiger partial charge in [0.15, 0.2) is 0 Å². The van der Waals surface area contributed by atoms with Gasteiger partial charge >= 0.3 is 0 Å². The van der Waals surface area contributed by atoms with Crippen molar-refractivity contribution in [2.45, 2.75) is 6.92 Å². The van der Waals surface area contributed by atoms with Crippen LogP contribution >= 0.6 is 0 Å². The Morgan fingerprint density at radius 2 is 1.87 bits per heavy atom. The van der Waals surface area contributed by atoms with E-state index < -0.39 is 0 Å². The number of methoxy groups -OCH3 is 1. The van der Waals surface area contributed by atoms with Gasteiger partial charge in [-0.25, -0.2) is 0 Å². The van der Waals surface area contributed by atoms with Crippen LogP contribution in [0.25, 0.3) is 11.3 Å². The first-order chi connectivity index (χ1) is 7.20. The van der Waals surface area contributed by atoms with E-state index in [0.29, 0.717) is 0 Å². The maximum Gasteiger partial charge on any atom is 0.118 e. The second-order valence-electron chi connectivity index (χ2n) is 3.52. The number of hydrogen-bond acceptors (Lipinski definition) is 2. The quantitative estimate of drug-likeness (QED) is 0.747. The van der Waals surface area contributed by atoms with Crippen LogP contribution in [-0.4, -0.2) is 16.9 Å². The molecule has 0 saturated carbocycles. The minimum atomic E-state index is 0.873. The summed E-state index contributed by atoms with van der Waals surface area (Å²) in [6.45, 7) is 1.99. The molecule has 2 rings (SSSR count). The minimum Gasteiger partial charge on any atom is -0.497 e. The molecule has 0 unspecified atom stereocenters. The summed E-state index contributed by atoms with van der Waals surface area (Å²) >= 11 is 0. The molecule has 3 nitrogen and oxygen atoms in total. The zero-order chi connectivity index (χ0) is 10.8. The molecule has 0 atom stereocenters. The highest BCUT2D eigenvalue weighted by atomic mass is 16.5. The molecule has 78 valence electrons. The highest BCUT2D eigenvalue weighted by Gasteiger charge is 2.04. The van der Waals surface area contributed by atoms with Crippen molar-refractivity contribution in [2.75, 3.05) is 7.11 Å². The number of aryl methyl sites for hydroxylation is 2. The van der Waals surface area contributed by atoms with Gasteiger partial charge in [0, 0.05) is 12.6 Å². The maximum atomic E-state index is 5.12. The van der Waals surface area contributed by atoms with Crippen molar-refractivity contribution in [3.05, 3.63) is 36.0 Å². The van der Waals surface area contributed by atoms with E-state index in [2.05, 4.69) is 11.2 Å². The van der Waals surface area contributed by atoms with Gasteiger partial charge in [-0.3, -0.25) is 4.68 Å². The van der Waals surface area contributed by atoms with Crippen molar-refractivity contribution in [1.82, 2.24) is 9.78 Å². The Kier molecular flexibility index (Phi) is 2.46. The minimum absolute atomic E-state index is 0.873. The Morgan fingerprint density at radius 3 is 2.33 bits per heavy atom. The largest absolute Gasteiger partial charge is 0.497 e. The molecule has 1 aromatic carbocycles. The Balaban J connectivity index is 2.41. The summed E-state index contributed by atoms with van der Waals surface area (Å²) in [6.07, 6.45) is 0. The van der Waals surface area contributed by atoms with E-state index in [0.717, 1.165) is 22.7 Å². The van der Waals surface area contributed by atoms with Gasteiger partial charge in [0.05, 0.1) is 18.5 Å². The fourth-order valence-corrected chi connectivity index (χ4v) is 1.64. The van der Waals surface area contributed by atoms with E-state index >= 15 is 0 Å². The lowest BCUT2D eigenvalue weighted by Gasteiger charge is -2.03. The van der Waals surface area contributed by atoms with Crippen LogP contribution in [0.15, 0.2) is 30.3 Å². The van der Waals surface area contributed by atoms with Crippen LogP contribution in [0.3, 0.4) is 0 Å². The van der Waals surface area contributed by atoms with Crippen molar-refractivity contribution in [3.8, 4) is 17.0 Å². The van der Waals surface area contributed by atoms with Gasteiger partial charge < -0.3 is 4.74 Å². The molecule has 0 aliphatic carbocycles. The molecule has 0 saturated heterocycles. The van der Waals surface area contributed by atoms with Crippen LogP contribution in [-0.2, 0) is 7.05 Å². The van der Waals surface area contributed by atoms with Gasteiger partial charge in [0.1, 0.15) is 5.75 Å². The number of aromatic nitrogens is 2. The van der Waals surface area contributed by atoms with Gasteiger partial charge in [0.2, 0.25) is 0 Å². The molecule has 1 heterocycles. The fourth-order valence-electron chi connectivity index (χ4n) is 1.64. The SMILES string of the molecule is COc1ccc(-c2cc(C)nn2C)cc1. The molecule has 0 spiro atoms. The summed E-state index contributed by atoms with van der Waals surface area (Å²) < 4.78 is 7.00. The van der Waals surface area contributed by atoms with Crippen molar-refractivity contribution in [1.29, 1.82) is 0 Å². The van der Waals surface area contributed by atoms with Gasteiger partial charge in [-0.05, 0) is 37.3 Å². The number of rotatable bonds is 2. The van der Waals surface area contributed by atoms with Gasteiger partial charge in [-0.15, -0.1) is 0 Å². The van der Waals surface area contributed by atoms with Gasteiger partial charge in [0.25, 0.3) is 0 Å². The van der Waals surface area contributed by atoms with Crippen LogP contribution in [0, 0.1) is 6.92 Å². The topological polar surface area (TPSA) is 27.1 Å². The number of nitrogens with zero attached hydrogens (tertiary/aromatic N) is 2. The lowest BCUT2D eigenvalue weighted by molar-refractivity contribution is 0.415. The number of hydrogen-bond donors (Lipinski definition) is 0. The second kappa shape index (κ2) is 3.77. The lowest BCUT2D eigenvalue weighted by Crippen LogP contribution is -1.93. The Morgan fingerprint density at radius 1 is 1.20 bits per heavy atom. The first kappa shape index (κ1) is 9.77. The zero-order valence-corrected chi connectivity index (χ0v) is 9.19. The lowest BCUT2D eigenvalue weighted by atomic mass is 10.1. The van der Waals surface area contributed by atoms with E-state index in [-0.39, 0.29) is 0 Å². The smallest absolute Gasteiger partial charge is 0.118 e. The third-order valence-corrected chi connectivity index (χ3v) is 2.39. The molecule has 0 radical (unpaired) electrons. The molecule has 0 N–H and O–H groups in total. The monoisotopic (exact) mass is 202 g/mol. The summed E-state index contributed by atoms with van der Waals surface area (Å²) in [4.78, 5) is 0. The van der Waals surface area contributed by atoms with Crippen LogP contribution < -0.4 is 4.74 Å². The molecule has 0 fully saturated rings. The standard InChI is InChI=1S/C12H14N2O/c1-9-8-12(14(2)13-9)10-4-6-11(15-3)7-5-10/h4-8H,1-3H3. The molecule has 0 amide bonds. The molecule has 3 heteroatoms. The van der Waals surface area contributed by atoms with Crippen LogP contribution in [0.2, 0.25) is 0 Å². The molecule has 0 aliphatic rings. The first-order valence-electron chi connectivity index (χ1n) is 4.86. The summed E-state index contributed by atoms with van der Waals surface area (Å²) in [5.74, 6) is 0.873. The summed E-state index contributed by atoms with van der Waals surface area (Å²) in [5, 5.41) is 4.32. The highest BCUT2D eigenvalue weighted by Crippen LogP contribution is 2.22. The number of benzene rings is 1. The third kappa shape index (κ3) is 1.86. The zero-order valence-electron chi connectivity index (χ0n) is 9.19. The van der Waals surface area contributed by atoms with Crippen LogP contribution in [0.1, 0.15) is 5.69 Å². The molecule has 2 aromatic rings. The number of ether oxygens (including phenoxy) is 1. The van der Waals surface area contributed by atoms with Crippen molar-refractivity contribution >= 4 is 0 Å². The Hall–Kier alpha value is -1.77. The van der Waals surface area contributed by atoms with E-state index in [1.807, 2.05) is 42.9 Å². The maximum absolute atomic E-state index is 5.12. The van der Waals surface area contributed by atoms with E-state index in [1.165, 1.54) is 0 Å². The second-order valence-corrected chi connectivity index (χ2v) is 3.52. The predicted octanol–water partition coefficient (Wildman–Crippen LogP) is 2.40. The average Bonchev–Trinajstić information content (AvgIpc) is 2.58. The summed E-state index contributed by atoms with van der Waals surface area (Å²) in [5.41, 5.74) is 3.30. The van der Waals surface area contributed by atoms with Crippen molar-refractivity contribution < 1.29 is 4.74 Å². The van der Waals surface area contributed by atoms with Gasteiger partial charge in [-0.1, -0.05) is 0 Å². The average molecular weight is 202 g/mol. The molecule has 15 heavy (non-hydrogen) atoms. The van der Waals surface area contributed by atoms with Gasteiger partial charge in [-0.2, -0.15) is 5.10 Å². The normalized spacial score (nSPS) is 10.3. The van der Waals surface area contributed by atoms with E-state index in [9.17, 15) is 0 Å². The predicted molar refractivity (Wildman–Crippen MR) is 59.9 cm³/mol. The van der Waals surface area contributed by atoms with E-state index in [4.69, 9.17) is 4.74 Å². The Labute approximate surface area is 89.3 Å². The molecular weight excluding hydrogens is 188 g/mol. The molecule has 0 aliphatic heterocycles. The molecular formula is C12H14N2O. The van der Waals surface area contributed by atoms with Crippen molar-refractivity contribution in [2.24, 2.45) is 7.05 Å². The fraction of sp³-hybridized carbons (Fsp3) is 0.250. The highest BCUT2D eigenvalue weighted by molar-refractivity contribution is 5.60. The molecule has 0 bridgehead atoms. The van der Waals surface area contributed by atoms with Crippen LogP contribution in [0.4, 0.5) is 0 Å². The Bertz CT molecular complexity index is 457. The van der Waals surface area contributed by atoms with E-state index in [1.54, 1.807) is 7.11 Å². The van der Waals surface area contributed by atoms with Crippen molar-refractivity contribution in [3.63, 3.8) is 0 Å². The molecule has 1 aromatic heterocycles. The summed E-state index contributed by atoms with van der Waals surface area (Å²) in [6, 6.07) is 10.1. The third-order valence-electron chi connectivity index (χ3n) is 2.39. The summed E-state index contributed by atoms with van der Waals surface area (Å²) in [7, 11) is 3.62.